The molecule has 28 heavy (non-hydrogen) atoms. The Morgan fingerprint density at radius 2 is 1.79 bits per heavy atom. The Morgan fingerprint density at radius 3 is 2.46 bits per heavy atom. The van der Waals surface area contributed by atoms with Gasteiger partial charge in [0.05, 0.1) is 0 Å². The summed E-state index contributed by atoms with van der Waals surface area (Å²) in [6.45, 7) is 7.77. The van der Waals surface area contributed by atoms with Crippen LogP contribution in [0.3, 0.4) is 0 Å². The molecule has 6 nitrogen and oxygen atoms in total. The second-order valence-corrected chi connectivity index (χ2v) is 8.09. The number of carbonyl (C=O) groups excluding carboxylic acids is 2. The summed E-state index contributed by atoms with van der Waals surface area (Å²) >= 11 is 0. The average molecular weight is 383 g/mol. The van der Waals surface area contributed by atoms with Gasteiger partial charge >= 0.3 is 0 Å². The van der Waals surface area contributed by atoms with Crippen molar-refractivity contribution in [2.24, 2.45) is 0 Å². The van der Waals surface area contributed by atoms with Gasteiger partial charge in [-0.15, -0.1) is 0 Å². The monoisotopic (exact) mass is 382 g/mol. The molecule has 0 spiro atoms. The minimum Gasteiger partial charge on any atom is -0.352 e. The number of carbonyl (C=O) groups is 2. The van der Waals surface area contributed by atoms with Crippen molar-refractivity contribution in [2.75, 3.05) is 32.5 Å². The van der Waals surface area contributed by atoms with Crippen LogP contribution < -0.4 is 10.6 Å². The zero-order valence-corrected chi connectivity index (χ0v) is 17.4. The van der Waals surface area contributed by atoms with E-state index in [1.165, 1.54) is 12.3 Å². The molecule has 1 heterocycles. The lowest BCUT2D eigenvalue weighted by Crippen LogP contribution is -2.27. The number of amides is 2. The lowest BCUT2D eigenvalue weighted by Gasteiger charge is -2.22. The third kappa shape index (κ3) is 6.16. The van der Waals surface area contributed by atoms with Gasteiger partial charge in [-0.3, -0.25) is 14.6 Å². The predicted molar refractivity (Wildman–Crippen MR) is 113 cm³/mol. The van der Waals surface area contributed by atoms with Crippen LogP contribution in [0.15, 0.2) is 42.6 Å². The van der Waals surface area contributed by atoms with E-state index < -0.39 is 0 Å². The number of rotatable bonds is 7. The maximum atomic E-state index is 12.7. The number of nitrogens with zero attached hydrogens (tertiary/aromatic N) is 2. The molecule has 150 valence electrons. The summed E-state index contributed by atoms with van der Waals surface area (Å²) in [5.41, 5.74) is 2.32. The fourth-order valence-corrected chi connectivity index (χ4v) is 2.83. The summed E-state index contributed by atoms with van der Waals surface area (Å²) in [5, 5.41) is 5.80. The molecule has 0 atom stereocenters. The molecule has 0 fully saturated rings. The topological polar surface area (TPSA) is 74.3 Å². The summed E-state index contributed by atoms with van der Waals surface area (Å²) in [4.78, 5) is 31.2. The predicted octanol–water partition coefficient (Wildman–Crippen LogP) is 3.31. The lowest BCUT2D eigenvalue weighted by molar-refractivity contribution is 0.0952. The summed E-state index contributed by atoms with van der Waals surface area (Å²) in [5.74, 6) is -0.538. The van der Waals surface area contributed by atoms with Crippen LogP contribution in [0.25, 0.3) is 0 Å². The van der Waals surface area contributed by atoms with Gasteiger partial charge in [0.1, 0.15) is 5.69 Å². The Balaban J connectivity index is 2.08. The van der Waals surface area contributed by atoms with Crippen LogP contribution in [0.4, 0.5) is 5.69 Å². The maximum absolute atomic E-state index is 12.7. The highest BCUT2D eigenvalue weighted by Crippen LogP contribution is 2.29. The number of benzene rings is 1. The van der Waals surface area contributed by atoms with Crippen LogP contribution in [0, 0.1) is 0 Å². The third-order valence-corrected chi connectivity index (χ3v) is 4.31. The van der Waals surface area contributed by atoms with E-state index in [-0.39, 0.29) is 22.9 Å². The van der Waals surface area contributed by atoms with E-state index in [1.807, 2.05) is 38.4 Å². The number of para-hydroxylation sites is 1. The number of hydrogen-bond donors (Lipinski definition) is 2. The van der Waals surface area contributed by atoms with Gasteiger partial charge in [0.15, 0.2) is 0 Å². The van der Waals surface area contributed by atoms with Crippen LogP contribution in [0.2, 0.25) is 0 Å². The van der Waals surface area contributed by atoms with Crippen molar-refractivity contribution in [2.45, 2.75) is 32.6 Å². The number of anilines is 1. The highest BCUT2D eigenvalue weighted by atomic mass is 16.2. The highest BCUT2D eigenvalue weighted by molar-refractivity contribution is 6.05. The summed E-state index contributed by atoms with van der Waals surface area (Å²) in [7, 11) is 3.99. The number of pyridine rings is 1. The average Bonchev–Trinajstić information content (AvgIpc) is 2.64. The maximum Gasteiger partial charge on any atom is 0.274 e. The molecule has 0 radical (unpaired) electrons. The molecule has 2 aromatic rings. The molecule has 0 bridgehead atoms. The van der Waals surface area contributed by atoms with Crippen molar-refractivity contribution in [1.82, 2.24) is 15.2 Å². The van der Waals surface area contributed by atoms with Crippen LogP contribution in [0.1, 0.15) is 53.6 Å². The first kappa shape index (κ1) is 21.6. The van der Waals surface area contributed by atoms with Crippen LogP contribution in [0.5, 0.6) is 0 Å². The lowest BCUT2D eigenvalue weighted by atomic mass is 9.86. The molecule has 1 aromatic carbocycles. The molecule has 2 rings (SSSR count). The molecule has 0 aliphatic heterocycles. The molecular formula is C22H30N4O2. The number of hydrogen-bond acceptors (Lipinski definition) is 4. The van der Waals surface area contributed by atoms with E-state index in [2.05, 4.69) is 41.3 Å². The van der Waals surface area contributed by atoms with Crippen LogP contribution in [-0.2, 0) is 5.41 Å². The third-order valence-electron chi connectivity index (χ3n) is 4.31. The Hall–Kier alpha value is -2.73. The van der Waals surface area contributed by atoms with Crippen molar-refractivity contribution in [3.8, 4) is 0 Å². The van der Waals surface area contributed by atoms with Crippen LogP contribution >= 0.6 is 0 Å². The molecule has 0 aliphatic carbocycles. The first-order valence-electron chi connectivity index (χ1n) is 9.48. The van der Waals surface area contributed by atoms with Gasteiger partial charge in [-0.05, 0) is 56.2 Å². The minimum atomic E-state index is -0.334. The van der Waals surface area contributed by atoms with Gasteiger partial charge in [0, 0.05) is 24.0 Å². The standard InChI is InChI=1S/C22H30N4O2/c1-22(2,3)17-9-6-7-10-18(17)25-21(28)19-15-16(11-13-23-19)20(27)24-12-8-14-26(4)5/h6-7,9-11,13,15H,8,12,14H2,1-5H3,(H,24,27)(H,25,28). The van der Waals surface area contributed by atoms with Gasteiger partial charge in [-0.2, -0.15) is 0 Å². The fourth-order valence-electron chi connectivity index (χ4n) is 2.83. The molecule has 0 unspecified atom stereocenters. The van der Waals surface area contributed by atoms with Gasteiger partial charge in [0.2, 0.25) is 0 Å². The summed E-state index contributed by atoms with van der Waals surface area (Å²) in [6, 6.07) is 10.9. The highest BCUT2D eigenvalue weighted by Gasteiger charge is 2.19. The Morgan fingerprint density at radius 1 is 1.07 bits per heavy atom. The Labute approximate surface area is 167 Å². The quantitative estimate of drug-likeness (QED) is 0.721. The smallest absolute Gasteiger partial charge is 0.274 e. The van der Waals surface area contributed by atoms with E-state index in [9.17, 15) is 9.59 Å². The second-order valence-electron chi connectivity index (χ2n) is 8.09. The Kier molecular flexibility index (Phi) is 7.29. The van der Waals surface area contributed by atoms with Gasteiger partial charge in [-0.1, -0.05) is 39.0 Å². The first-order chi connectivity index (χ1) is 13.2. The largest absolute Gasteiger partial charge is 0.352 e. The van der Waals surface area contributed by atoms with E-state index in [0.29, 0.717) is 12.1 Å². The minimum absolute atomic E-state index is 0.106. The zero-order chi connectivity index (χ0) is 20.7. The van der Waals surface area contributed by atoms with E-state index in [1.54, 1.807) is 6.07 Å². The van der Waals surface area contributed by atoms with Crippen molar-refractivity contribution >= 4 is 17.5 Å². The van der Waals surface area contributed by atoms with Gasteiger partial charge < -0.3 is 15.5 Å². The first-order valence-corrected chi connectivity index (χ1v) is 9.48. The molecule has 0 saturated heterocycles. The molecule has 6 heteroatoms. The molecule has 0 saturated carbocycles. The van der Waals surface area contributed by atoms with E-state index in [0.717, 1.165) is 24.2 Å². The zero-order valence-electron chi connectivity index (χ0n) is 17.4. The van der Waals surface area contributed by atoms with Gasteiger partial charge in [-0.25, -0.2) is 0 Å². The Bertz CT molecular complexity index is 825. The molecule has 2 N–H and O–H groups in total. The van der Waals surface area contributed by atoms with Crippen molar-refractivity contribution in [1.29, 1.82) is 0 Å². The number of nitrogens with one attached hydrogen (secondary N) is 2. The van der Waals surface area contributed by atoms with E-state index in [4.69, 9.17) is 0 Å². The van der Waals surface area contributed by atoms with Gasteiger partial charge in [0.25, 0.3) is 11.8 Å². The van der Waals surface area contributed by atoms with Crippen molar-refractivity contribution in [3.05, 3.63) is 59.4 Å². The SMILES string of the molecule is CN(C)CCCNC(=O)c1ccnc(C(=O)Nc2ccccc2C(C)(C)C)c1. The van der Waals surface area contributed by atoms with E-state index >= 15 is 0 Å². The normalized spacial score (nSPS) is 11.4. The van der Waals surface area contributed by atoms with Crippen LogP contribution in [-0.4, -0.2) is 48.9 Å². The second kappa shape index (κ2) is 9.46. The molecule has 0 aliphatic rings. The molecule has 1 aromatic heterocycles. The molecular weight excluding hydrogens is 352 g/mol. The summed E-state index contributed by atoms with van der Waals surface area (Å²) < 4.78 is 0. The molecule has 2 amide bonds. The van der Waals surface area contributed by atoms with Crippen molar-refractivity contribution < 1.29 is 9.59 Å². The fraction of sp³-hybridized carbons (Fsp3) is 0.409. The van der Waals surface area contributed by atoms with Crippen molar-refractivity contribution in [3.63, 3.8) is 0 Å². The number of aromatic nitrogens is 1. The summed E-state index contributed by atoms with van der Waals surface area (Å²) in [6.07, 6.45) is 2.35.